The predicted octanol–water partition coefficient (Wildman–Crippen LogP) is 5.60. The Hall–Kier alpha value is -4.56. The van der Waals surface area contributed by atoms with Crippen LogP contribution in [-0.2, 0) is 4.74 Å². The molecule has 39 heavy (non-hydrogen) atoms. The van der Waals surface area contributed by atoms with Gasteiger partial charge in [0.25, 0.3) is 11.8 Å². The molecule has 1 fully saturated rings. The topological polar surface area (TPSA) is 92.1 Å². The van der Waals surface area contributed by atoms with E-state index in [1.54, 1.807) is 60.7 Å². The maximum Gasteiger partial charge on any atom is 0.337 e. The van der Waals surface area contributed by atoms with Crippen LogP contribution < -0.4 is 10.2 Å². The predicted molar refractivity (Wildman–Crippen MR) is 149 cm³/mol. The molecule has 1 aliphatic heterocycles. The lowest BCUT2D eigenvalue weighted by Crippen LogP contribution is -2.49. The molecule has 0 radical (unpaired) electrons. The molecule has 0 saturated carbocycles. The largest absolute Gasteiger partial charge is 0.465 e. The Labute approximate surface area is 230 Å². The van der Waals surface area contributed by atoms with Gasteiger partial charge < -0.3 is 24.3 Å². The Morgan fingerprint density at radius 2 is 1.62 bits per heavy atom. The normalized spacial score (nSPS) is 13.2. The number of rotatable bonds is 6. The fourth-order valence-electron chi connectivity index (χ4n) is 4.51. The first kappa shape index (κ1) is 26.1. The lowest BCUT2D eigenvalue weighted by Gasteiger charge is -2.37. The van der Waals surface area contributed by atoms with E-state index in [1.807, 2.05) is 29.2 Å². The van der Waals surface area contributed by atoms with Gasteiger partial charge in [0.15, 0.2) is 5.76 Å². The van der Waals surface area contributed by atoms with Gasteiger partial charge in [0.2, 0.25) is 0 Å². The number of benzene rings is 3. The Morgan fingerprint density at radius 1 is 0.846 bits per heavy atom. The molecule has 3 aromatic carbocycles. The van der Waals surface area contributed by atoms with Crippen molar-refractivity contribution in [3.8, 4) is 11.3 Å². The van der Waals surface area contributed by atoms with Gasteiger partial charge >= 0.3 is 5.97 Å². The number of ether oxygens (including phenoxy) is 1. The van der Waals surface area contributed by atoms with Crippen molar-refractivity contribution in [3.63, 3.8) is 0 Å². The summed E-state index contributed by atoms with van der Waals surface area (Å²) in [5, 5.41) is 3.45. The lowest BCUT2D eigenvalue weighted by atomic mass is 10.1. The molecule has 0 unspecified atom stereocenters. The van der Waals surface area contributed by atoms with Crippen LogP contribution in [-0.4, -0.2) is 56.0 Å². The third kappa shape index (κ3) is 5.81. The van der Waals surface area contributed by atoms with Crippen molar-refractivity contribution in [1.82, 2.24) is 4.90 Å². The summed E-state index contributed by atoms with van der Waals surface area (Å²) in [5.41, 5.74) is 2.86. The maximum atomic E-state index is 13.2. The number of nitrogens with zero attached hydrogens (tertiary/aromatic N) is 2. The molecule has 5 rings (SSSR count). The van der Waals surface area contributed by atoms with E-state index in [-0.39, 0.29) is 11.7 Å². The summed E-state index contributed by atoms with van der Waals surface area (Å²) in [6, 6.07) is 24.6. The highest BCUT2D eigenvalue weighted by Crippen LogP contribution is 2.31. The van der Waals surface area contributed by atoms with Gasteiger partial charge in [-0.1, -0.05) is 41.9 Å². The highest BCUT2D eigenvalue weighted by Gasteiger charge is 2.25. The second-order valence-electron chi connectivity index (χ2n) is 9.00. The molecule has 198 valence electrons. The zero-order valence-corrected chi connectivity index (χ0v) is 22.0. The number of anilines is 2. The van der Waals surface area contributed by atoms with Gasteiger partial charge in [0.05, 0.1) is 24.0 Å². The number of carbonyl (C=O) groups is 3. The highest BCUT2D eigenvalue weighted by atomic mass is 35.5. The van der Waals surface area contributed by atoms with Gasteiger partial charge in [-0.25, -0.2) is 4.79 Å². The Bertz CT molecular complexity index is 1510. The SMILES string of the molecule is COC(=O)c1ccc(N2CCN(C(=O)c3ccccc3)CC2)c(NC(=O)c2ccc(-c3cccc(Cl)c3)o2)c1. The van der Waals surface area contributed by atoms with Crippen molar-refractivity contribution >= 4 is 40.8 Å². The summed E-state index contributed by atoms with van der Waals surface area (Å²) < 4.78 is 10.7. The van der Waals surface area contributed by atoms with Crippen LogP contribution in [0.15, 0.2) is 89.3 Å². The number of halogens is 1. The number of amides is 2. The summed E-state index contributed by atoms with van der Waals surface area (Å²) in [7, 11) is 1.30. The van der Waals surface area contributed by atoms with Gasteiger partial charge in [-0.05, 0) is 54.6 Å². The minimum Gasteiger partial charge on any atom is -0.465 e. The summed E-state index contributed by atoms with van der Waals surface area (Å²) in [4.78, 5) is 42.2. The molecule has 4 aromatic rings. The van der Waals surface area contributed by atoms with E-state index in [9.17, 15) is 14.4 Å². The van der Waals surface area contributed by atoms with Crippen molar-refractivity contribution in [1.29, 1.82) is 0 Å². The average Bonchev–Trinajstić information content (AvgIpc) is 3.48. The van der Waals surface area contributed by atoms with Crippen LogP contribution in [0.3, 0.4) is 0 Å². The standard InChI is InChI=1S/C30H26ClN3O5/c1-38-30(37)22-10-11-25(33-14-16-34(17-15-33)29(36)20-6-3-2-4-7-20)24(19-22)32-28(35)27-13-12-26(39-27)21-8-5-9-23(31)18-21/h2-13,18-19H,14-17H2,1H3,(H,32,35). The summed E-state index contributed by atoms with van der Waals surface area (Å²) >= 11 is 6.09. The van der Waals surface area contributed by atoms with Crippen molar-refractivity contribution in [3.05, 3.63) is 107 Å². The second kappa shape index (κ2) is 11.4. The molecule has 0 atom stereocenters. The van der Waals surface area contributed by atoms with Crippen LogP contribution in [0.2, 0.25) is 5.02 Å². The number of hydrogen-bond donors (Lipinski definition) is 1. The molecular weight excluding hydrogens is 518 g/mol. The van der Waals surface area contributed by atoms with Crippen molar-refractivity contribution in [2.45, 2.75) is 0 Å². The smallest absolute Gasteiger partial charge is 0.337 e. The van der Waals surface area contributed by atoms with E-state index in [0.29, 0.717) is 53.8 Å². The molecule has 8 nitrogen and oxygen atoms in total. The van der Waals surface area contributed by atoms with Crippen LogP contribution >= 0.6 is 11.6 Å². The lowest BCUT2D eigenvalue weighted by molar-refractivity contribution is 0.0600. The van der Waals surface area contributed by atoms with Gasteiger partial charge in [-0.2, -0.15) is 0 Å². The van der Waals surface area contributed by atoms with E-state index in [1.165, 1.54) is 7.11 Å². The minimum absolute atomic E-state index is 0.0156. The molecule has 1 aromatic heterocycles. The van der Waals surface area contributed by atoms with Gasteiger partial charge in [0, 0.05) is 42.3 Å². The van der Waals surface area contributed by atoms with E-state index in [0.717, 1.165) is 11.3 Å². The molecule has 9 heteroatoms. The molecule has 0 aliphatic carbocycles. The second-order valence-corrected chi connectivity index (χ2v) is 9.43. The number of methoxy groups -OCH3 is 1. The number of esters is 1. The summed E-state index contributed by atoms with van der Waals surface area (Å²) in [5.74, 6) is -0.387. The van der Waals surface area contributed by atoms with Crippen LogP contribution in [0.25, 0.3) is 11.3 Å². The van der Waals surface area contributed by atoms with Crippen LogP contribution in [0, 0.1) is 0 Å². The molecule has 2 heterocycles. The molecule has 0 spiro atoms. The van der Waals surface area contributed by atoms with E-state index < -0.39 is 11.9 Å². The number of carbonyl (C=O) groups excluding carboxylic acids is 3. The van der Waals surface area contributed by atoms with Gasteiger partial charge in [0.1, 0.15) is 5.76 Å². The molecular formula is C30H26ClN3O5. The van der Waals surface area contributed by atoms with Gasteiger partial charge in [-0.15, -0.1) is 0 Å². The molecule has 2 amide bonds. The number of piperazine rings is 1. The number of hydrogen-bond acceptors (Lipinski definition) is 6. The summed E-state index contributed by atoms with van der Waals surface area (Å²) in [6.07, 6.45) is 0. The quantitative estimate of drug-likeness (QED) is 0.318. The Morgan fingerprint density at radius 3 is 2.33 bits per heavy atom. The first-order chi connectivity index (χ1) is 18.9. The third-order valence-electron chi connectivity index (χ3n) is 6.53. The third-order valence-corrected chi connectivity index (χ3v) is 6.77. The highest BCUT2D eigenvalue weighted by molar-refractivity contribution is 6.30. The van der Waals surface area contributed by atoms with Crippen LogP contribution in [0.1, 0.15) is 31.3 Å². The van der Waals surface area contributed by atoms with Crippen LogP contribution in [0.5, 0.6) is 0 Å². The fraction of sp³-hybridized carbons (Fsp3) is 0.167. The van der Waals surface area contributed by atoms with Crippen molar-refractivity contribution in [2.75, 3.05) is 43.5 Å². The average molecular weight is 544 g/mol. The first-order valence-corrected chi connectivity index (χ1v) is 12.8. The molecule has 1 saturated heterocycles. The zero-order valence-electron chi connectivity index (χ0n) is 21.2. The Balaban J connectivity index is 1.35. The summed E-state index contributed by atoms with van der Waals surface area (Å²) in [6.45, 7) is 2.14. The maximum absolute atomic E-state index is 13.2. The fourth-order valence-corrected chi connectivity index (χ4v) is 4.70. The van der Waals surface area contributed by atoms with E-state index in [2.05, 4.69) is 10.2 Å². The van der Waals surface area contributed by atoms with Crippen LogP contribution in [0.4, 0.5) is 11.4 Å². The molecule has 1 aliphatic rings. The van der Waals surface area contributed by atoms with Crippen molar-refractivity contribution < 1.29 is 23.5 Å². The van der Waals surface area contributed by atoms with Gasteiger partial charge in [-0.3, -0.25) is 9.59 Å². The first-order valence-electron chi connectivity index (χ1n) is 12.4. The Kier molecular flexibility index (Phi) is 7.65. The van der Waals surface area contributed by atoms with Crippen molar-refractivity contribution in [2.24, 2.45) is 0 Å². The monoisotopic (exact) mass is 543 g/mol. The van der Waals surface area contributed by atoms with E-state index in [4.69, 9.17) is 20.8 Å². The molecule has 1 N–H and O–H groups in total. The zero-order chi connectivity index (χ0) is 27.4. The number of nitrogens with one attached hydrogen (secondary N) is 1. The molecule has 0 bridgehead atoms. The number of furan rings is 1. The minimum atomic E-state index is -0.517. The van der Waals surface area contributed by atoms with E-state index >= 15 is 0 Å².